The van der Waals surface area contributed by atoms with Gasteiger partial charge in [-0.3, -0.25) is 9.69 Å². The van der Waals surface area contributed by atoms with E-state index in [-0.39, 0.29) is 18.1 Å². The van der Waals surface area contributed by atoms with E-state index in [0.29, 0.717) is 18.8 Å². The van der Waals surface area contributed by atoms with Crippen molar-refractivity contribution in [3.8, 4) is 5.75 Å². The van der Waals surface area contributed by atoms with E-state index in [0.717, 1.165) is 30.4 Å². The number of carbonyl (C=O) groups is 1. The van der Waals surface area contributed by atoms with E-state index in [1.807, 2.05) is 35.2 Å². The molecular formula is C26H31ClN4O2. The highest BCUT2D eigenvalue weighted by Crippen LogP contribution is 2.24. The molecule has 0 unspecified atom stereocenters. The molecule has 2 heterocycles. The summed E-state index contributed by atoms with van der Waals surface area (Å²) in [6.45, 7) is 10.7. The fraction of sp³-hybridized carbons (Fsp3) is 0.385. The van der Waals surface area contributed by atoms with E-state index in [4.69, 9.17) is 16.3 Å². The predicted molar refractivity (Wildman–Crippen MR) is 131 cm³/mol. The molecule has 1 amide bonds. The predicted octanol–water partition coefficient (Wildman–Crippen LogP) is 4.83. The molecule has 1 saturated heterocycles. The van der Waals surface area contributed by atoms with E-state index >= 15 is 0 Å². The van der Waals surface area contributed by atoms with Crippen LogP contribution in [0.4, 0.5) is 0 Å². The molecule has 6 nitrogen and oxygen atoms in total. The van der Waals surface area contributed by atoms with Crippen LogP contribution < -0.4 is 4.74 Å². The maximum absolute atomic E-state index is 12.9. The summed E-state index contributed by atoms with van der Waals surface area (Å²) in [5, 5.41) is 5.18. The van der Waals surface area contributed by atoms with Gasteiger partial charge >= 0.3 is 0 Å². The van der Waals surface area contributed by atoms with Gasteiger partial charge in [-0.15, -0.1) is 0 Å². The second kappa shape index (κ2) is 9.98. The van der Waals surface area contributed by atoms with Crippen LogP contribution in [0, 0.1) is 0 Å². The molecule has 4 rings (SSSR count). The third-order valence-corrected chi connectivity index (χ3v) is 6.13. The fourth-order valence-electron chi connectivity index (χ4n) is 3.90. The quantitative estimate of drug-likeness (QED) is 0.522. The molecule has 0 bridgehead atoms. The number of amides is 1. The monoisotopic (exact) mass is 466 g/mol. The molecule has 0 spiro atoms. The molecule has 1 fully saturated rings. The summed E-state index contributed by atoms with van der Waals surface area (Å²) in [5.41, 5.74) is 3.00. The van der Waals surface area contributed by atoms with E-state index in [1.165, 1.54) is 11.1 Å². The number of nitrogens with zero attached hydrogens (tertiary/aromatic N) is 4. The number of ether oxygens (including phenoxy) is 1. The average Bonchev–Trinajstić information content (AvgIpc) is 3.27. The first kappa shape index (κ1) is 23.3. The number of aromatic nitrogens is 2. The average molecular weight is 467 g/mol. The Kier molecular flexibility index (Phi) is 7.05. The van der Waals surface area contributed by atoms with Gasteiger partial charge in [0, 0.05) is 43.9 Å². The smallest absolute Gasteiger partial charge is 0.274 e. The molecular weight excluding hydrogens is 436 g/mol. The molecule has 1 aromatic heterocycles. The first-order chi connectivity index (χ1) is 15.8. The van der Waals surface area contributed by atoms with Gasteiger partial charge in [-0.1, -0.05) is 56.6 Å². The number of halogens is 1. The summed E-state index contributed by atoms with van der Waals surface area (Å²) < 4.78 is 7.49. The van der Waals surface area contributed by atoms with Crippen molar-refractivity contribution in [2.75, 3.05) is 26.2 Å². The van der Waals surface area contributed by atoms with Gasteiger partial charge in [-0.05, 0) is 46.9 Å². The van der Waals surface area contributed by atoms with Crippen molar-refractivity contribution in [3.63, 3.8) is 0 Å². The van der Waals surface area contributed by atoms with Gasteiger partial charge in [0.2, 0.25) is 0 Å². The standard InChI is InChI=1S/C26H31ClN4O2/c1-26(2,3)21-7-9-23(10-8-21)33-19-31-12-11-24(28-31)25(32)30-15-13-29(14-16-30)18-20-5-4-6-22(27)17-20/h4-12,17H,13-16,18-19H2,1-3H3. The number of carbonyl (C=O) groups excluding carboxylic acids is 1. The number of benzene rings is 2. The highest BCUT2D eigenvalue weighted by Gasteiger charge is 2.23. The third-order valence-electron chi connectivity index (χ3n) is 5.90. The van der Waals surface area contributed by atoms with Crippen LogP contribution >= 0.6 is 11.6 Å². The lowest BCUT2D eigenvalue weighted by Crippen LogP contribution is -2.48. The molecule has 2 aromatic carbocycles. The highest BCUT2D eigenvalue weighted by molar-refractivity contribution is 6.30. The summed E-state index contributed by atoms with van der Waals surface area (Å²) in [6, 6.07) is 17.8. The van der Waals surface area contributed by atoms with Crippen LogP contribution in [0.3, 0.4) is 0 Å². The minimum Gasteiger partial charge on any atom is -0.471 e. The molecule has 0 saturated carbocycles. The van der Waals surface area contributed by atoms with Gasteiger partial charge in [-0.25, -0.2) is 4.68 Å². The molecule has 0 atom stereocenters. The molecule has 1 aliphatic rings. The molecule has 7 heteroatoms. The lowest BCUT2D eigenvalue weighted by atomic mass is 9.87. The van der Waals surface area contributed by atoms with E-state index in [9.17, 15) is 4.79 Å². The summed E-state index contributed by atoms with van der Waals surface area (Å²) in [6.07, 6.45) is 1.78. The van der Waals surface area contributed by atoms with Crippen LogP contribution in [-0.4, -0.2) is 51.7 Å². The number of rotatable bonds is 6. The topological polar surface area (TPSA) is 50.6 Å². The van der Waals surface area contributed by atoms with E-state index in [2.05, 4.69) is 49.0 Å². The lowest BCUT2D eigenvalue weighted by molar-refractivity contribution is 0.0621. The fourth-order valence-corrected chi connectivity index (χ4v) is 4.12. The van der Waals surface area contributed by atoms with Crippen molar-refractivity contribution in [2.45, 2.75) is 39.5 Å². The molecule has 33 heavy (non-hydrogen) atoms. The Morgan fingerprint density at radius 1 is 1.03 bits per heavy atom. The van der Waals surface area contributed by atoms with Crippen LogP contribution in [0.1, 0.15) is 42.4 Å². The Hall–Kier alpha value is -2.83. The Morgan fingerprint density at radius 2 is 1.76 bits per heavy atom. The minimum atomic E-state index is -0.0364. The zero-order valence-corrected chi connectivity index (χ0v) is 20.3. The molecule has 0 radical (unpaired) electrons. The van der Waals surface area contributed by atoms with E-state index < -0.39 is 0 Å². The van der Waals surface area contributed by atoms with Crippen LogP contribution in [0.25, 0.3) is 0 Å². The first-order valence-electron chi connectivity index (χ1n) is 11.3. The largest absolute Gasteiger partial charge is 0.471 e. The van der Waals surface area contributed by atoms with Gasteiger partial charge < -0.3 is 9.64 Å². The molecule has 0 N–H and O–H groups in total. The molecule has 0 aliphatic carbocycles. The normalized spacial score (nSPS) is 15.0. The zero-order chi connectivity index (χ0) is 23.4. The van der Waals surface area contributed by atoms with Gasteiger partial charge in [0.15, 0.2) is 12.4 Å². The third kappa shape index (κ3) is 6.15. The minimum absolute atomic E-state index is 0.0364. The summed E-state index contributed by atoms with van der Waals surface area (Å²) in [7, 11) is 0. The van der Waals surface area contributed by atoms with Crippen molar-refractivity contribution >= 4 is 17.5 Å². The van der Waals surface area contributed by atoms with Crippen LogP contribution in [-0.2, 0) is 18.7 Å². The number of hydrogen-bond donors (Lipinski definition) is 0. The summed E-state index contributed by atoms with van der Waals surface area (Å²) >= 11 is 6.09. The number of piperazine rings is 1. The van der Waals surface area contributed by atoms with Gasteiger partial charge in [-0.2, -0.15) is 5.10 Å². The van der Waals surface area contributed by atoms with Crippen molar-refractivity contribution in [2.24, 2.45) is 0 Å². The Bertz CT molecular complexity index is 1080. The Labute approximate surface area is 200 Å². The molecule has 3 aromatic rings. The number of hydrogen-bond acceptors (Lipinski definition) is 4. The Morgan fingerprint density at radius 3 is 2.42 bits per heavy atom. The summed E-state index contributed by atoms with van der Waals surface area (Å²) in [4.78, 5) is 17.1. The van der Waals surface area contributed by atoms with E-state index in [1.54, 1.807) is 16.9 Å². The van der Waals surface area contributed by atoms with Gasteiger partial charge in [0.05, 0.1) is 0 Å². The second-order valence-corrected chi connectivity index (χ2v) is 9.92. The highest BCUT2D eigenvalue weighted by atomic mass is 35.5. The SMILES string of the molecule is CC(C)(C)c1ccc(OCn2ccc(C(=O)N3CCN(Cc4cccc(Cl)c4)CC3)n2)cc1. The molecule has 1 aliphatic heterocycles. The van der Waals surface area contributed by atoms with Gasteiger partial charge in [0.1, 0.15) is 5.75 Å². The van der Waals surface area contributed by atoms with Crippen molar-refractivity contribution < 1.29 is 9.53 Å². The maximum atomic E-state index is 12.9. The van der Waals surface area contributed by atoms with Crippen molar-refractivity contribution in [3.05, 3.63) is 82.6 Å². The maximum Gasteiger partial charge on any atom is 0.274 e. The molecule has 174 valence electrons. The first-order valence-corrected chi connectivity index (χ1v) is 11.7. The van der Waals surface area contributed by atoms with Crippen LogP contribution in [0.5, 0.6) is 5.75 Å². The Balaban J connectivity index is 1.26. The van der Waals surface area contributed by atoms with Crippen LogP contribution in [0.2, 0.25) is 5.02 Å². The lowest BCUT2D eigenvalue weighted by Gasteiger charge is -2.34. The van der Waals surface area contributed by atoms with Crippen molar-refractivity contribution in [1.29, 1.82) is 0 Å². The second-order valence-electron chi connectivity index (χ2n) is 9.49. The summed E-state index contributed by atoms with van der Waals surface area (Å²) in [5.74, 6) is 0.743. The van der Waals surface area contributed by atoms with Crippen molar-refractivity contribution in [1.82, 2.24) is 19.6 Å². The zero-order valence-electron chi connectivity index (χ0n) is 19.5. The van der Waals surface area contributed by atoms with Gasteiger partial charge in [0.25, 0.3) is 5.91 Å². The van der Waals surface area contributed by atoms with Crippen LogP contribution in [0.15, 0.2) is 60.8 Å².